The van der Waals surface area contributed by atoms with Gasteiger partial charge in [0, 0.05) is 6.54 Å². The summed E-state index contributed by atoms with van der Waals surface area (Å²) in [5, 5.41) is 12.3. The van der Waals surface area contributed by atoms with Crippen LogP contribution in [0.25, 0.3) is 0 Å². The summed E-state index contributed by atoms with van der Waals surface area (Å²) < 4.78 is 5.10. The standard InChI is InChI=1S/C9H15NO2/c1-2-8(11)6-10-7-9-4-3-5-12-9/h3-5,8,10-11H,2,6-7H2,1H3. The lowest BCUT2D eigenvalue weighted by atomic mass is 10.3. The van der Waals surface area contributed by atoms with Crippen molar-refractivity contribution in [3.63, 3.8) is 0 Å². The number of rotatable bonds is 5. The van der Waals surface area contributed by atoms with Gasteiger partial charge in [0.2, 0.25) is 0 Å². The molecule has 3 nitrogen and oxygen atoms in total. The second kappa shape index (κ2) is 4.95. The SMILES string of the molecule is CCC(O)CNCc1ccco1. The molecule has 0 radical (unpaired) electrons. The molecular formula is C9H15NO2. The molecule has 0 saturated heterocycles. The Balaban J connectivity index is 2.11. The molecule has 1 aromatic rings. The number of aliphatic hydroxyl groups is 1. The average Bonchev–Trinajstić information content (AvgIpc) is 2.57. The summed E-state index contributed by atoms with van der Waals surface area (Å²) in [6.45, 7) is 3.26. The molecule has 3 heteroatoms. The lowest BCUT2D eigenvalue weighted by Crippen LogP contribution is -2.25. The van der Waals surface area contributed by atoms with Crippen molar-refractivity contribution < 1.29 is 9.52 Å². The van der Waals surface area contributed by atoms with Gasteiger partial charge in [0.1, 0.15) is 5.76 Å². The Bertz CT molecular complexity index is 196. The van der Waals surface area contributed by atoms with Crippen molar-refractivity contribution in [1.82, 2.24) is 5.32 Å². The number of hydrogen-bond acceptors (Lipinski definition) is 3. The van der Waals surface area contributed by atoms with Gasteiger partial charge in [0.25, 0.3) is 0 Å². The highest BCUT2D eigenvalue weighted by atomic mass is 16.3. The molecule has 1 aromatic heterocycles. The van der Waals surface area contributed by atoms with Crippen molar-refractivity contribution in [3.8, 4) is 0 Å². The zero-order chi connectivity index (χ0) is 8.81. The molecule has 1 heterocycles. The van der Waals surface area contributed by atoms with Crippen molar-refractivity contribution in [2.45, 2.75) is 26.0 Å². The Morgan fingerprint density at radius 1 is 1.67 bits per heavy atom. The van der Waals surface area contributed by atoms with Crippen molar-refractivity contribution in [3.05, 3.63) is 24.2 Å². The van der Waals surface area contributed by atoms with E-state index in [4.69, 9.17) is 4.42 Å². The summed E-state index contributed by atoms with van der Waals surface area (Å²) in [7, 11) is 0. The van der Waals surface area contributed by atoms with Crippen LogP contribution in [-0.4, -0.2) is 17.8 Å². The van der Waals surface area contributed by atoms with Crippen LogP contribution in [0.15, 0.2) is 22.8 Å². The third kappa shape index (κ3) is 3.07. The zero-order valence-corrected chi connectivity index (χ0v) is 7.29. The van der Waals surface area contributed by atoms with Gasteiger partial charge < -0.3 is 14.8 Å². The van der Waals surface area contributed by atoms with Gasteiger partial charge in [0.05, 0.1) is 18.9 Å². The van der Waals surface area contributed by atoms with E-state index in [2.05, 4.69) is 5.32 Å². The first-order valence-electron chi connectivity index (χ1n) is 4.24. The predicted molar refractivity (Wildman–Crippen MR) is 46.7 cm³/mol. The minimum absolute atomic E-state index is 0.250. The van der Waals surface area contributed by atoms with Crippen LogP contribution in [0.1, 0.15) is 19.1 Å². The molecule has 0 fully saturated rings. The summed E-state index contributed by atoms with van der Waals surface area (Å²) in [4.78, 5) is 0. The lowest BCUT2D eigenvalue weighted by Gasteiger charge is -2.07. The van der Waals surface area contributed by atoms with E-state index in [-0.39, 0.29) is 6.10 Å². The Morgan fingerprint density at radius 3 is 3.08 bits per heavy atom. The summed E-state index contributed by atoms with van der Waals surface area (Å²) in [5.74, 6) is 0.901. The van der Waals surface area contributed by atoms with Crippen LogP contribution < -0.4 is 5.32 Å². The molecule has 0 bridgehead atoms. The fourth-order valence-corrected chi connectivity index (χ4v) is 0.919. The summed E-state index contributed by atoms with van der Waals surface area (Å²) in [6.07, 6.45) is 2.18. The quantitative estimate of drug-likeness (QED) is 0.694. The number of furan rings is 1. The predicted octanol–water partition coefficient (Wildman–Crippen LogP) is 1.14. The molecule has 0 aromatic carbocycles. The van der Waals surface area contributed by atoms with Crippen molar-refractivity contribution in [2.24, 2.45) is 0 Å². The van der Waals surface area contributed by atoms with E-state index in [1.807, 2.05) is 19.1 Å². The zero-order valence-electron chi connectivity index (χ0n) is 7.29. The number of hydrogen-bond donors (Lipinski definition) is 2. The van der Waals surface area contributed by atoms with Crippen LogP contribution in [0.5, 0.6) is 0 Å². The fourth-order valence-electron chi connectivity index (χ4n) is 0.919. The topological polar surface area (TPSA) is 45.4 Å². The van der Waals surface area contributed by atoms with Crippen molar-refractivity contribution >= 4 is 0 Å². The highest BCUT2D eigenvalue weighted by Gasteiger charge is 1.99. The third-order valence-electron chi connectivity index (χ3n) is 1.73. The van der Waals surface area contributed by atoms with Crippen LogP contribution in [0.4, 0.5) is 0 Å². The molecule has 0 aliphatic rings. The molecule has 0 aliphatic carbocycles. The summed E-state index contributed by atoms with van der Waals surface area (Å²) in [5.41, 5.74) is 0. The lowest BCUT2D eigenvalue weighted by molar-refractivity contribution is 0.166. The first-order valence-corrected chi connectivity index (χ1v) is 4.24. The van der Waals surface area contributed by atoms with Crippen LogP contribution in [0, 0.1) is 0 Å². The van der Waals surface area contributed by atoms with E-state index in [1.165, 1.54) is 0 Å². The van der Waals surface area contributed by atoms with Gasteiger partial charge in [-0.1, -0.05) is 6.92 Å². The Labute approximate surface area is 72.4 Å². The van der Waals surface area contributed by atoms with E-state index < -0.39 is 0 Å². The molecule has 1 rings (SSSR count). The van der Waals surface area contributed by atoms with Crippen LogP contribution >= 0.6 is 0 Å². The maximum Gasteiger partial charge on any atom is 0.117 e. The molecule has 68 valence electrons. The first-order chi connectivity index (χ1) is 5.83. The normalized spacial score (nSPS) is 13.2. The van der Waals surface area contributed by atoms with Crippen LogP contribution in [-0.2, 0) is 6.54 Å². The van der Waals surface area contributed by atoms with Gasteiger partial charge >= 0.3 is 0 Å². The fraction of sp³-hybridized carbons (Fsp3) is 0.556. The molecule has 1 atom stereocenters. The van der Waals surface area contributed by atoms with E-state index in [1.54, 1.807) is 6.26 Å². The Hall–Kier alpha value is -0.800. The second-order valence-electron chi connectivity index (χ2n) is 2.77. The monoisotopic (exact) mass is 169 g/mol. The number of nitrogens with one attached hydrogen (secondary N) is 1. The maximum atomic E-state index is 9.19. The summed E-state index contributed by atoms with van der Waals surface area (Å²) in [6, 6.07) is 3.76. The smallest absolute Gasteiger partial charge is 0.117 e. The third-order valence-corrected chi connectivity index (χ3v) is 1.73. The molecule has 0 spiro atoms. The highest BCUT2D eigenvalue weighted by Crippen LogP contribution is 1.98. The second-order valence-corrected chi connectivity index (χ2v) is 2.77. The largest absolute Gasteiger partial charge is 0.468 e. The van der Waals surface area contributed by atoms with E-state index in [0.29, 0.717) is 13.1 Å². The van der Waals surface area contributed by atoms with E-state index >= 15 is 0 Å². The Morgan fingerprint density at radius 2 is 2.50 bits per heavy atom. The van der Waals surface area contributed by atoms with Gasteiger partial charge in [0.15, 0.2) is 0 Å². The Kier molecular flexibility index (Phi) is 3.84. The number of aliphatic hydroxyl groups excluding tert-OH is 1. The molecule has 0 amide bonds. The molecule has 2 N–H and O–H groups in total. The maximum absolute atomic E-state index is 9.19. The molecule has 1 unspecified atom stereocenters. The van der Waals surface area contributed by atoms with Crippen LogP contribution in [0.2, 0.25) is 0 Å². The van der Waals surface area contributed by atoms with E-state index in [9.17, 15) is 5.11 Å². The highest BCUT2D eigenvalue weighted by molar-refractivity contribution is 4.97. The molecule has 0 saturated carbocycles. The molecule has 12 heavy (non-hydrogen) atoms. The van der Waals surface area contributed by atoms with Gasteiger partial charge in [-0.05, 0) is 18.6 Å². The van der Waals surface area contributed by atoms with Gasteiger partial charge in [-0.25, -0.2) is 0 Å². The van der Waals surface area contributed by atoms with Gasteiger partial charge in [-0.2, -0.15) is 0 Å². The van der Waals surface area contributed by atoms with Crippen molar-refractivity contribution in [1.29, 1.82) is 0 Å². The van der Waals surface area contributed by atoms with Gasteiger partial charge in [-0.15, -0.1) is 0 Å². The first kappa shape index (κ1) is 9.29. The molecular weight excluding hydrogens is 154 g/mol. The minimum Gasteiger partial charge on any atom is -0.468 e. The van der Waals surface area contributed by atoms with Crippen molar-refractivity contribution in [2.75, 3.05) is 6.54 Å². The van der Waals surface area contributed by atoms with E-state index in [0.717, 1.165) is 12.2 Å². The van der Waals surface area contributed by atoms with Gasteiger partial charge in [-0.3, -0.25) is 0 Å². The summed E-state index contributed by atoms with van der Waals surface area (Å²) >= 11 is 0. The average molecular weight is 169 g/mol. The minimum atomic E-state index is -0.250. The molecule has 0 aliphatic heterocycles. The van der Waals surface area contributed by atoms with Crippen LogP contribution in [0.3, 0.4) is 0 Å².